The fraction of sp³-hybridized carbons (Fsp3) is 0.615. The van der Waals surface area contributed by atoms with Crippen LogP contribution in [0, 0.1) is 12.3 Å². The highest BCUT2D eigenvalue weighted by molar-refractivity contribution is 5.78. The first-order chi connectivity index (χ1) is 15.8. The number of nitrogens with zero attached hydrogens (tertiary/aromatic N) is 3. The van der Waals surface area contributed by atoms with Gasteiger partial charge in [0.2, 0.25) is 11.8 Å². The lowest BCUT2D eigenvalue weighted by atomic mass is 9.91. The summed E-state index contributed by atoms with van der Waals surface area (Å²) in [7, 11) is 0. The number of carbonyl (C=O) groups excluding carboxylic acids is 1. The van der Waals surface area contributed by atoms with Gasteiger partial charge in [0.1, 0.15) is 5.69 Å². The molecule has 0 bridgehead atoms. The van der Waals surface area contributed by atoms with Crippen molar-refractivity contribution in [1.82, 2.24) is 10.1 Å². The van der Waals surface area contributed by atoms with Crippen LogP contribution in [0.25, 0.3) is 11.3 Å². The summed E-state index contributed by atoms with van der Waals surface area (Å²) in [6, 6.07) is 8.28. The Bertz CT molecular complexity index is 937. The van der Waals surface area contributed by atoms with Crippen LogP contribution in [-0.2, 0) is 20.8 Å². The minimum absolute atomic E-state index is 0.0861. The minimum atomic E-state index is -0.0904. The van der Waals surface area contributed by atoms with E-state index in [0.29, 0.717) is 32.7 Å². The van der Waals surface area contributed by atoms with E-state index < -0.39 is 0 Å². The zero-order valence-corrected chi connectivity index (χ0v) is 20.4. The normalized spacial score (nSPS) is 19.2. The highest BCUT2D eigenvalue weighted by atomic mass is 16.5. The molecule has 2 aromatic rings. The summed E-state index contributed by atoms with van der Waals surface area (Å²) in [5.74, 6) is 0.887. The highest BCUT2D eigenvalue weighted by Gasteiger charge is 2.30. The summed E-state index contributed by atoms with van der Waals surface area (Å²) < 4.78 is 17.4. The van der Waals surface area contributed by atoms with E-state index in [9.17, 15) is 4.79 Å². The molecule has 7 heteroatoms. The Balaban J connectivity index is 1.69. The molecule has 1 aromatic heterocycles. The maximum Gasteiger partial charge on any atom is 0.233 e. The summed E-state index contributed by atoms with van der Waals surface area (Å²) in [5.41, 5.74) is 3.85. The van der Waals surface area contributed by atoms with Crippen LogP contribution in [0.1, 0.15) is 51.2 Å². The van der Waals surface area contributed by atoms with Gasteiger partial charge in [-0.05, 0) is 31.2 Å². The molecule has 1 amide bonds. The molecule has 2 aliphatic rings. The maximum atomic E-state index is 13.4. The molecule has 0 N–H and O–H groups in total. The Hall–Kier alpha value is -2.38. The predicted octanol–water partition coefficient (Wildman–Crippen LogP) is 4.43. The van der Waals surface area contributed by atoms with Crippen molar-refractivity contribution in [2.24, 2.45) is 5.41 Å². The Labute approximate surface area is 197 Å². The van der Waals surface area contributed by atoms with Crippen molar-refractivity contribution in [2.75, 3.05) is 44.4 Å². The second kappa shape index (κ2) is 10.3. The third kappa shape index (κ3) is 6.15. The highest BCUT2D eigenvalue weighted by Crippen LogP contribution is 2.34. The lowest BCUT2D eigenvalue weighted by Gasteiger charge is -2.30. The Morgan fingerprint density at radius 3 is 2.67 bits per heavy atom. The molecular formula is C26H37N3O4. The maximum absolute atomic E-state index is 13.4. The van der Waals surface area contributed by atoms with Crippen molar-refractivity contribution < 1.29 is 18.8 Å². The summed E-state index contributed by atoms with van der Waals surface area (Å²) >= 11 is 0. The minimum Gasteiger partial charge on any atom is -0.378 e. The number of amides is 1. The molecule has 7 nitrogen and oxygen atoms in total. The van der Waals surface area contributed by atoms with E-state index >= 15 is 0 Å². The molecule has 33 heavy (non-hydrogen) atoms. The molecular weight excluding hydrogens is 418 g/mol. The Kier molecular flexibility index (Phi) is 7.39. The monoisotopic (exact) mass is 455 g/mol. The van der Waals surface area contributed by atoms with Gasteiger partial charge in [0, 0.05) is 38.2 Å². The number of benzene rings is 1. The number of carbonyl (C=O) groups is 1. The van der Waals surface area contributed by atoms with E-state index in [4.69, 9.17) is 14.0 Å². The smallest absolute Gasteiger partial charge is 0.233 e. The average Bonchev–Trinajstić information content (AvgIpc) is 3.43. The van der Waals surface area contributed by atoms with Crippen molar-refractivity contribution in [3.63, 3.8) is 0 Å². The summed E-state index contributed by atoms with van der Waals surface area (Å²) in [5, 5.41) is 4.49. The number of aromatic nitrogens is 1. The van der Waals surface area contributed by atoms with Crippen LogP contribution in [0.2, 0.25) is 0 Å². The molecule has 180 valence electrons. The Morgan fingerprint density at radius 2 is 2.00 bits per heavy atom. The third-order valence-corrected chi connectivity index (χ3v) is 6.19. The number of morpholine rings is 1. The molecule has 2 aliphatic heterocycles. The van der Waals surface area contributed by atoms with E-state index in [1.165, 1.54) is 0 Å². The van der Waals surface area contributed by atoms with Crippen LogP contribution < -0.4 is 4.90 Å². The predicted molar refractivity (Wildman–Crippen MR) is 128 cm³/mol. The summed E-state index contributed by atoms with van der Waals surface area (Å²) in [6.07, 6.45) is 2.61. The first kappa shape index (κ1) is 23.8. The quantitative estimate of drug-likeness (QED) is 0.615. The number of rotatable bonds is 7. The topological polar surface area (TPSA) is 68.0 Å². The van der Waals surface area contributed by atoms with Crippen molar-refractivity contribution in [1.29, 1.82) is 0 Å². The van der Waals surface area contributed by atoms with Gasteiger partial charge in [-0.25, -0.2) is 0 Å². The standard InChI is InChI=1S/C26H37N3O4/c1-19-7-5-8-20(15-19)24-22(25(33-27-24)28-10-13-31-14-11-28)18-29(17-21-9-6-12-32-21)23(30)16-26(2,3)4/h5,7-8,15,21H,6,9-14,16-18H2,1-4H3/t21-/m0/s1. The lowest BCUT2D eigenvalue weighted by molar-refractivity contribution is -0.135. The van der Waals surface area contributed by atoms with E-state index in [0.717, 1.165) is 60.8 Å². The molecule has 3 heterocycles. The molecule has 2 fully saturated rings. The second-order valence-corrected chi connectivity index (χ2v) is 10.4. The van der Waals surface area contributed by atoms with Gasteiger partial charge in [0.25, 0.3) is 0 Å². The molecule has 1 aromatic carbocycles. The number of anilines is 1. The fourth-order valence-electron chi connectivity index (χ4n) is 4.52. The first-order valence-corrected chi connectivity index (χ1v) is 12.1. The Morgan fingerprint density at radius 1 is 1.21 bits per heavy atom. The average molecular weight is 456 g/mol. The number of hydrogen-bond acceptors (Lipinski definition) is 6. The molecule has 0 unspecified atom stereocenters. The number of aryl methyl sites for hydroxylation is 1. The number of hydrogen-bond donors (Lipinski definition) is 0. The van der Waals surface area contributed by atoms with Crippen molar-refractivity contribution in [3.8, 4) is 11.3 Å². The van der Waals surface area contributed by atoms with Crippen LogP contribution in [0.3, 0.4) is 0 Å². The molecule has 0 saturated carbocycles. The molecule has 0 aliphatic carbocycles. The van der Waals surface area contributed by atoms with E-state index in [1.54, 1.807) is 0 Å². The van der Waals surface area contributed by atoms with Gasteiger partial charge in [-0.15, -0.1) is 0 Å². The molecule has 1 atom stereocenters. The van der Waals surface area contributed by atoms with Gasteiger partial charge >= 0.3 is 0 Å². The van der Waals surface area contributed by atoms with Gasteiger partial charge in [0.15, 0.2) is 0 Å². The SMILES string of the molecule is Cc1cccc(-c2noc(N3CCOCC3)c2CN(C[C@@H]2CCCO2)C(=O)CC(C)(C)C)c1. The third-order valence-electron chi connectivity index (χ3n) is 6.19. The molecule has 0 radical (unpaired) electrons. The van der Waals surface area contributed by atoms with Crippen LogP contribution in [0.4, 0.5) is 5.88 Å². The largest absolute Gasteiger partial charge is 0.378 e. The second-order valence-electron chi connectivity index (χ2n) is 10.4. The number of ether oxygens (including phenoxy) is 2. The van der Waals surface area contributed by atoms with Gasteiger partial charge < -0.3 is 23.8 Å². The van der Waals surface area contributed by atoms with Crippen LogP contribution >= 0.6 is 0 Å². The van der Waals surface area contributed by atoms with Crippen molar-refractivity contribution in [2.45, 2.75) is 59.6 Å². The molecule has 0 spiro atoms. The molecule has 4 rings (SSSR count). The van der Waals surface area contributed by atoms with E-state index in [-0.39, 0.29) is 17.4 Å². The van der Waals surface area contributed by atoms with E-state index in [1.807, 2.05) is 11.0 Å². The van der Waals surface area contributed by atoms with Gasteiger partial charge in [-0.2, -0.15) is 0 Å². The zero-order valence-electron chi connectivity index (χ0n) is 20.4. The zero-order chi connectivity index (χ0) is 23.4. The van der Waals surface area contributed by atoms with Crippen LogP contribution in [-0.4, -0.2) is 61.5 Å². The van der Waals surface area contributed by atoms with Crippen molar-refractivity contribution in [3.05, 3.63) is 35.4 Å². The van der Waals surface area contributed by atoms with Crippen LogP contribution in [0.5, 0.6) is 0 Å². The first-order valence-electron chi connectivity index (χ1n) is 12.1. The van der Waals surface area contributed by atoms with Crippen molar-refractivity contribution >= 4 is 11.8 Å². The van der Waals surface area contributed by atoms with Gasteiger partial charge in [-0.1, -0.05) is 49.7 Å². The lowest BCUT2D eigenvalue weighted by Crippen LogP contribution is -2.40. The summed E-state index contributed by atoms with van der Waals surface area (Å²) in [6.45, 7) is 13.0. The summed E-state index contributed by atoms with van der Waals surface area (Å²) in [4.78, 5) is 17.6. The van der Waals surface area contributed by atoms with Gasteiger partial charge in [0.05, 0.1) is 31.4 Å². The van der Waals surface area contributed by atoms with Crippen LogP contribution in [0.15, 0.2) is 28.8 Å². The van der Waals surface area contributed by atoms with Gasteiger partial charge in [-0.3, -0.25) is 4.79 Å². The molecule has 2 saturated heterocycles. The van der Waals surface area contributed by atoms with E-state index in [2.05, 4.69) is 56.0 Å². The fourth-order valence-corrected chi connectivity index (χ4v) is 4.52.